The lowest BCUT2D eigenvalue weighted by Crippen LogP contribution is -2.65. The van der Waals surface area contributed by atoms with Crippen molar-refractivity contribution >= 4 is 16.1 Å². The van der Waals surface area contributed by atoms with Crippen LogP contribution in [0.4, 0.5) is 0 Å². The van der Waals surface area contributed by atoms with Gasteiger partial charge in [0, 0.05) is 24.3 Å². The van der Waals surface area contributed by atoms with E-state index in [1.54, 1.807) is 0 Å². The molecule has 0 aromatic carbocycles. The zero-order chi connectivity index (χ0) is 29.9. The molecule has 6 fully saturated rings. The molecular weight excluding hydrogens is 552 g/mol. The standard InChI is InChI=1S/C33H52N2O6S/c1-22(36)40-26-12-15-31(2)24(18-26)10-11-27-28(31)13-16-32(3)29(27)14-17-33(32)19-23(21-39-42(4,37)38)30(20-34)35(41-33)25-8-6-5-7-9-25/h23-30H,5-19,21H2,1-4H3. The fourth-order valence-electron chi connectivity index (χ4n) is 11.3. The fraction of sp³-hybridized carbons (Fsp3) is 0.939. The molecule has 1 saturated heterocycles. The van der Waals surface area contributed by atoms with E-state index >= 15 is 0 Å². The Kier molecular flexibility index (Phi) is 8.29. The number of rotatable bonds is 5. The van der Waals surface area contributed by atoms with Crippen LogP contribution < -0.4 is 0 Å². The Morgan fingerprint density at radius 3 is 2.43 bits per heavy atom. The summed E-state index contributed by atoms with van der Waals surface area (Å²) < 4.78 is 35.2. The number of ether oxygens (including phenoxy) is 1. The Labute approximate surface area is 253 Å². The Morgan fingerprint density at radius 2 is 1.74 bits per heavy atom. The molecule has 6 aliphatic rings. The van der Waals surface area contributed by atoms with Crippen LogP contribution in [0, 0.1) is 51.8 Å². The van der Waals surface area contributed by atoms with Gasteiger partial charge in [-0.05, 0) is 106 Å². The van der Waals surface area contributed by atoms with E-state index in [9.17, 15) is 18.5 Å². The van der Waals surface area contributed by atoms with Gasteiger partial charge in [0.15, 0.2) is 0 Å². The third-order valence-corrected chi connectivity index (χ3v) is 14.0. The molecule has 8 nitrogen and oxygen atoms in total. The second-order valence-corrected chi connectivity index (χ2v) is 17.1. The Balaban J connectivity index is 1.27. The van der Waals surface area contributed by atoms with Crippen molar-refractivity contribution in [2.45, 2.75) is 141 Å². The molecule has 1 heterocycles. The van der Waals surface area contributed by atoms with Crippen LogP contribution in [0.1, 0.15) is 117 Å². The first kappa shape index (κ1) is 30.8. The normalized spacial score (nSPS) is 46.3. The predicted octanol–water partition coefficient (Wildman–Crippen LogP) is 6.15. The maximum atomic E-state index is 12.1. The Hall–Kier alpha value is -1.21. The minimum atomic E-state index is -3.61. The molecule has 6 rings (SSSR count). The third-order valence-electron chi connectivity index (χ3n) is 13.4. The van der Waals surface area contributed by atoms with Gasteiger partial charge in [0.1, 0.15) is 12.1 Å². The van der Waals surface area contributed by atoms with E-state index in [-0.39, 0.29) is 41.5 Å². The van der Waals surface area contributed by atoms with Crippen LogP contribution in [-0.4, -0.2) is 56.1 Å². The van der Waals surface area contributed by atoms with Gasteiger partial charge in [-0.3, -0.25) is 13.8 Å². The monoisotopic (exact) mass is 604 g/mol. The van der Waals surface area contributed by atoms with Crippen LogP contribution in [0.5, 0.6) is 0 Å². The summed E-state index contributed by atoms with van der Waals surface area (Å²) in [6.45, 7) is 6.57. The van der Waals surface area contributed by atoms with Crippen LogP contribution in [0.2, 0.25) is 0 Å². The molecule has 0 N–H and O–H groups in total. The summed E-state index contributed by atoms with van der Waals surface area (Å²) in [5, 5.41) is 12.4. The van der Waals surface area contributed by atoms with E-state index in [1.807, 2.05) is 5.06 Å². The van der Waals surface area contributed by atoms with Gasteiger partial charge >= 0.3 is 5.97 Å². The molecule has 5 saturated carbocycles. The van der Waals surface area contributed by atoms with Crippen molar-refractivity contribution in [2.75, 3.05) is 12.9 Å². The molecule has 10 unspecified atom stereocenters. The second kappa shape index (κ2) is 11.3. The van der Waals surface area contributed by atoms with Crippen LogP contribution in [0.3, 0.4) is 0 Å². The summed E-state index contributed by atoms with van der Waals surface area (Å²) in [6.07, 6.45) is 17.3. The summed E-state index contributed by atoms with van der Waals surface area (Å²) in [5.41, 5.74) is -0.136. The average Bonchev–Trinajstić information content (AvgIpc) is 3.22. The molecule has 236 valence electrons. The predicted molar refractivity (Wildman–Crippen MR) is 158 cm³/mol. The largest absolute Gasteiger partial charge is 0.463 e. The summed E-state index contributed by atoms with van der Waals surface area (Å²) in [7, 11) is -3.61. The van der Waals surface area contributed by atoms with Crippen LogP contribution >= 0.6 is 0 Å². The number of nitriles is 1. The minimum Gasteiger partial charge on any atom is -0.463 e. The molecule has 1 spiro atoms. The summed E-state index contributed by atoms with van der Waals surface area (Å²) in [4.78, 5) is 18.9. The fourth-order valence-corrected chi connectivity index (χ4v) is 11.8. The van der Waals surface area contributed by atoms with Gasteiger partial charge in [0.2, 0.25) is 0 Å². The van der Waals surface area contributed by atoms with Crippen LogP contribution in [0.15, 0.2) is 0 Å². The third kappa shape index (κ3) is 5.24. The lowest BCUT2D eigenvalue weighted by molar-refractivity contribution is -0.351. The number of fused-ring (bicyclic) bond motifs is 6. The van der Waals surface area contributed by atoms with E-state index in [0.29, 0.717) is 30.1 Å². The van der Waals surface area contributed by atoms with Gasteiger partial charge in [0.25, 0.3) is 10.1 Å². The van der Waals surface area contributed by atoms with Gasteiger partial charge in [-0.2, -0.15) is 18.7 Å². The number of nitrogens with zero attached hydrogens (tertiary/aromatic N) is 2. The van der Waals surface area contributed by atoms with E-state index in [0.717, 1.165) is 70.5 Å². The molecule has 0 amide bonds. The zero-order valence-electron chi connectivity index (χ0n) is 26.2. The second-order valence-electron chi connectivity index (χ2n) is 15.4. The van der Waals surface area contributed by atoms with Crippen LogP contribution in [-0.2, 0) is 28.7 Å². The molecule has 0 bridgehead atoms. The van der Waals surface area contributed by atoms with Crippen molar-refractivity contribution in [3.8, 4) is 6.07 Å². The van der Waals surface area contributed by atoms with E-state index in [1.165, 1.54) is 32.6 Å². The van der Waals surface area contributed by atoms with Gasteiger partial charge in [-0.25, -0.2) is 0 Å². The summed E-state index contributed by atoms with van der Waals surface area (Å²) >= 11 is 0. The number of carbonyl (C=O) groups is 1. The van der Waals surface area contributed by atoms with E-state index in [2.05, 4.69) is 19.9 Å². The Bertz CT molecular complexity index is 1180. The molecule has 0 radical (unpaired) electrons. The van der Waals surface area contributed by atoms with Gasteiger partial charge in [0.05, 0.1) is 24.5 Å². The highest BCUT2D eigenvalue weighted by Gasteiger charge is 2.68. The summed E-state index contributed by atoms with van der Waals surface area (Å²) in [5.74, 6) is 2.13. The summed E-state index contributed by atoms with van der Waals surface area (Å²) in [6, 6.07) is 2.22. The highest BCUT2D eigenvalue weighted by Crippen LogP contribution is 2.70. The van der Waals surface area contributed by atoms with Crippen molar-refractivity contribution in [1.29, 1.82) is 5.26 Å². The highest BCUT2D eigenvalue weighted by atomic mass is 32.2. The van der Waals surface area contributed by atoms with Crippen LogP contribution in [0.25, 0.3) is 0 Å². The topological polar surface area (TPSA) is 106 Å². The first-order valence-corrected chi connectivity index (χ1v) is 18.6. The van der Waals surface area contributed by atoms with Crippen molar-refractivity contribution in [3.05, 3.63) is 0 Å². The van der Waals surface area contributed by atoms with Crippen molar-refractivity contribution in [3.63, 3.8) is 0 Å². The minimum absolute atomic E-state index is 0.0248. The highest BCUT2D eigenvalue weighted by molar-refractivity contribution is 7.85. The van der Waals surface area contributed by atoms with Gasteiger partial charge < -0.3 is 4.74 Å². The molecular formula is C33H52N2O6S. The molecule has 1 aliphatic heterocycles. The van der Waals surface area contributed by atoms with Gasteiger partial charge in [-0.15, -0.1) is 0 Å². The molecule has 9 heteroatoms. The van der Waals surface area contributed by atoms with E-state index in [4.69, 9.17) is 13.8 Å². The maximum absolute atomic E-state index is 12.1. The van der Waals surface area contributed by atoms with Crippen molar-refractivity contribution < 1.29 is 27.0 Å². The molecule has 42 heavy (non-hydrogen) atoms. The first-order valence-electron chi connectivity index (χ1n) is 16.8. The number of hydroxylamine groups is 2. The van der Waals surface area contributed by atoms with Crippen molar-refractivity contribution in [2.24, 2.45) is 40.4 Å². The SMILES string of the molecule is CC(=O)OC1CCC2(C)C(CCC3C2CCC2(C)C3CCC23CC(COS(C)(=O)=O)C(C#N)N(C2CCCCC2)O3)C1. The lowest BCUT2D eigenvalue weighted by atomic mass is 9.44. The molecule has 10 atom stereocenters. The Morgan fingerprint density at radius 1 is 1.00 bits per heavy atom. The quantitative estimate of drug-likeness (QED) is 0.272. The number of hydrogen-bond acceptors (Lipinski definition) is 8. The van der Waals surface area contributed by atoms with Crippen molar-refractivity contribution in [1.82, 2.24) is 5.06 Å². The molecule has 0 aromatic heterocycles. The smallest absolute Gasteiger partial charge is 0.302 e. The number of carbonyl (C=O) groups excluding carboxylic acids is 1. The van der Waals surface area contributed by atoms with E-state index < -0.39 is 21.8 Å². The zero-order valence-corrected chi connectivity index (χ0v) is 27.0. The maximum Gasteiger partial charge on any atom is 0.302 e. The van der Waals surface area contributed by atoms with Gasteiger partial charge in [-0.1, -0.05) is 33.1 Å². The first-order chi connectivity index (χ1) is 19.9. The number of hydrogen-bond donors (Lipinski definition) is 0. The number of esters is 1. The molecule has 5 aliphatic carbocycles. The molecule has 0 aromatic rings. The lowest BCUT2D eigenvalue weighted by Gasteiger charge is -2.63. The average molecular weight is 605 g/mol.